The monoisotopic (exact) mass is 538 g/mol. The van der Waals surface area contributed by atoms with E-state index < -0.39 is 5.97 Å². The van der Waals surface area contributed by atoms with Gasteiger partial charge in [-0.25, -0.2) is 9.78 Å². The van der Waals surface area contributed by atoms with E-state index in [2.05, 4.69) is 25.3 Å². The molecule has 1 fully saturated rings. The first-order valence-electron chi connectivity index (χ1n) is 10.8. The van der Waals surface area contributed by atoms with E-state index in [9.17, 15) is 14.7 Å². The summed E-state index contributed by atoms with van der Waals surface area (Å²) >= 11 is 13.4. The molecule has 2 atom stereocenters. The Morgan fingerprint density at radius 1 is 1.23 bits per heavy atom. The highest BCUT2D eigenvalue weighted by atomic mass is 35.5. The number of nitrogens with one attached hydrogen (secondary N) is 2. The van der Waals surface area contributed by atoms with Crippen LogP contribution in [0, 0.1) is 20.8 Å². The maximum atomic E-state index is 12.8. The minimum atomic E-state index is -1.08. The molecule has 1 saturated heterocycles. The minimum absolute atomic E-state index is 0.0966. The Kier molecular flexibility index (Phi) is 7.32. The Bertz CT molecular complexity index is 1290. The maximum absolute atomic E-state index is 12.8. The molecule has 35 heavy (non-hydrogen) atoms. The summed E-state index contributed by atoms with van der Waals surface area (Å²) in [7, 11) is 1.57. The largest absolute Gasteiger partial charge is 0.477 e. The number of aromatic nitrogens is 4. The van der Waals surface area contributed by atoms with E-state index in [0.717, 1.165) is 17.0 Å². The quantitative estimate of drug-likeness (QED) is 0.430. The van der Waals surface area contributed by atoms with Crippen LogP contribution in [0.1, 0.15) is 43.7 Å². The van der Waals surface area contributed by atoms with E-state index in [0.29, 0.717) is 52.4 Å². The fourth-order valence-corrected chi connectivity index (χ4v) is 5.40. The molecule has 1 aliphatic heterocycles. The lowest BCUT2D eigenvalue weighted by atomic mass is 10.0. The van der Waals surface area contributed by atoms with Gasteiger partial charge >= 0.3 is 5.97 Å². The van der Waals surface area contributed by atoms with Crippen molar-refractivity contribution in [3.63, 3.8) is 0 Å². The average molecular weight is 539 g/mol. The first-order valence-corrected chi connectivity index (χ1v) is 12.3. The highest BCUT2D eigenvalue weighted by Gasteiger charge is 2.34. The van der Waals surface area contributed by atoms with Crippen molar-refractivity contribution < 1.29 is 19.4 Å². The summed E-state index contributed by atoms with van der Waals surface area (Å²) in [6, 6.07) is -0.286. The second-order valence-corrected chi connectivity index (χ2v) is 10.00. The lowest BCUT2D eigenvalue weighted by molar-refractivity contribution is 0.0540. The summed E-state index contributed by atoms with van der Waals surface area (Å²) in [5.41, 5.74) is 2.90. The molecule has 1 amide bonds. The topological polar surface area (TPSA) is 133 Å². The molecule has 3 aromatic rings. The van der Waals surface area contributed by atoms with Crippen molar-refractivity contribution in [2.45, 2.75) is 39.3 Å². The first kappa shape index (κ1) is 25.4. The van der Waals surface area contributed by atoms with Crippen LogP contribution in [0.2, 0.25) is 10.0 Å². The van der Waals surface area contributed by atoms with Gasteiger partial charge in [-0.2, -0.15) is 0 Å². The number of nitrogens with zero attached hydrogens (tertiary/aromatic N) is 4. The van der Waals surface area contributed by atoms with E-state index in [-0.39, 0.29) is 33.6 Å². The molecule has 0 spiro atoms. The van der Waals surface area contributed by atoms with E-state index in [4.69, 9.17) is 27.9 Å². The molecule has 186 valence electrons. The van der Waals surface area contributed by atoms with Gasteiger partial charge in [-0.3, -0.25) is 14.8 Å². The first-order chi connectivity index (χ1) is 16.6. The summed E-state index contributed by atoms with van der Waals surface area (Å²) in [5.74, 6) is -1.45. The molecule has 4 rings (SSSR count). The number of methoxy groups -OCH3 is 1. The molecule has 0 radical (unpaired) electrons. The predicted octanol–water partition coefficient (Wildman–Crippen LogP) is 3.88. The number of hydrogen-bond acceptors (Lipinski definition) is 8. The van der Waals surface area contributed by atoms with E-state index in [1.165, 1.54) is 0 Å². The van der Waals surface area contributed by atoms with Crippen molar-refractivity contribution in [3.05, 3.63) is 43.9 Å². The van der Waals surface area contributed by atoms with Gasteiger partial charge in [0, 0.05) is 32.1 Å². The van der Waals surface area contributed by atoms with Gasteiger partial charge in [0.25, 0.3) is 5.91 Å². The molecule has 0 aromatic carbocycles. The summed E-state index contributed by atoms with van der Waals surface area (Å²) in [6.45, 7) is 6.28. The number of rotatable bonds is 6. The SMILES string of the molecule is CO[C@H]1CN(c2nc(-c3ncc(C)nc3C)c(C(=O)O)s2)CC[C@H]1NC(=O)c1[nH]c(C)c(Cl)c1Cl. The summed E-state index contributed by atoms with van der Waals surface area (Å²) < 4.78 is 5.67. The van der Waals surface area contributed by atoms with Crippen molar-refractivity contribution in [3.8, 4) is 11.4 Å². The van der Waals surface area contributed by atoms with Crippen LogP contribution >= 0.6 is 34.5 Å². The standard InChI is InChI=1S/C22H24Cl2N6O4S/c1-9-7-25-16(11(3)26-9)18-19(21(32)33)35-22(29-18)30-6-5-12(13(8-30)34-4)28-20(31)17-15(24)14(23)10(2)27-17/h7,12-13,27H,5-6,8H2,1-4H3,(H,28,31)(H,32,33)/t12-,13+/m1/s1. The lowest BCUT2D eigenvalue weighted by Gasteiger charge is -2.37. The van der Waals surface area contributed by atoms with Gasteiger partial charge < -0.3 is 25.0 Å². The minimum Gasteiger partial charge on any atom is -0.477 e. The summed E-state index contributed by atoms with van der Waals surface area (Å²) in [4.78, 5) is 43.1. The zero-order valence-electron chi connectivity index (χ0n) is 19.5. The molecule has 3 N–H and O–H groups in total. The normalized spacial score (nSPS) is 18.1. The van der Waals surface area contributed by atoms with E-state index in [1.54, 1.807) is 27.2 Å². The number of anilines is 1. The summed E-state index contributed by atoms with van der Waals surface area (Å²) in [5, 5.41) is 13.8. The van der Waals surface area contributed by atoms with Gasteiger partial charge in [-0.1, -0.05) is 34.5 Å². The Morgan fingerprint density at radius 3 is 2.57 bits per heavy atom. The van der Waals surface area contributed by atoms with Crippen LogP contribution in [-0.2, 0) is 4.74 Å². The van der Waals surface area contributed by atoms with Crippen LogP contribution in [-0.4, -0.2) is 69.3 Å². The highest BCUT2D eigenvalue weighted by molar-refractivity contribution is 7.17. The summed E-state index contributed by atoms with van der Waals surface area (Å²) in [6.07, 6.45) is 1.78. The third-order valence-corrected chi connectivity index (χ3v) is 7.88. The van der Waals surface area contributed by atoms with Gasteiger partial charge in [-0.05, 0) is 27.2 Å². The smallest absolute Gasteiger partial charge is 0.348 e. The molecule has 3 aromatic heterocycles. The third-order valence-electron chi connectivity index (χ3n) is 5.83. The molecule has 0 saturated carbocycles. The number of carbonyl (C=O) groups excluding carboxylic acids is 1. The number of ether oxygens (including phenoxy) is 1. The fraction of sp³-hybridized carbons (Fsp3) is 0.409. The van der Waals surface area contributed by atoms with E-state index in [1.807, 2.05) is 11.8 Å². The molecule has 0 aliphatic carbocycles. The van der Waals surface area contributed by atoms with Crippen LogP contribution < -0.4 is 10.2 Å². The van der Waals surface area contributed by atoms with Gasteiger partial charge in [0.1, 0.15) is 22.0 Å². The second kappa shape index (κ2) is 10.1. The number of aromatic carboxylic acids is 1. The number of thiazole rings is 1. The van der Waals surface area contributed by atoms with Crippen LogP contribution in [0.3, 0.4) is 0 Å². The molecule has 0 bridgehead atoms. The van der Waals surface area contributed by atoms with Crippen molar-refractivity contribution in [1.82, 2.24) is 25.3 Å². The number of halogens is 2. The van der Waals surface area contributed by atoms with Crippen LogP contribution in [0.5, 0.6) is 0 Å². The van der Waals surface area contributed by atoms with Crippen molar-refractivity contribution in [1.29, 1.82) is 0 Å². The number of piperidine rings is 1. The number of amides is 1. The molecule has 1 aliphatic rings. The number of carboxylic acid groups (broad SMARTS) is 1. The molecular formula is C22H24Cl2N6O4S. The third kappa shape index (κ3) is 4.99. The van der Waals surface area contributed by atoms with E-state index >= 15 is 0 Å². The number of aryl methyl sites for hydroxylation is 3. The van der Waals surface area contributed by atoms with Gasteiger partial charge in [0.2, 0.25) is 0 Å². The molecule has 0 unspecified atom stereocenters. The van der Waals surface area contributed by atoms with Crippen LogP contribution in [0.4, 0.5) is 5.13 Å². The van der Waals surface area contributed by atoms with Gasteiger partial charge in [0.05, 0.1) is 33.6 Å². The molecule has 4 heterocycles. The Balaban J connectivity index is 1.54. The number of hydrogen-bond donors (Lipinski definition) is 3. The zero-order chi connectivity index (χ0) is 25.4. The van der Waals surface area contributed by atoms with Crippen molar-refractivity contribution in [2.24, 2.45) is 0 Å². The Hall–Kier alpha value is -2.73. The van der Waals surface area contributed by atoms with Gasteiger partial charge in [0.15, 0.2) is 5.13 Å². The molecule has 10 nitrogen and oxygen atoms in total. The lowest BCUT2D eigenvalue weighted by Crippen LogP contribution is -2.55. The Labute approximate surface area is 215 Å². The van der Waals surface area contributed by atoms with Crippen LogP contribution in [0.15, 0.2) is 6.20 Å². The van der Waals surface area contributed by atoms with Crippen molar-refractivity contribution >= 4 is 51.5 Å². The maximum Gasteiger partial charge on any atom is 0.348 e. The number of carboxylic acids is 1. The number of aromatic amines is 1. The van der Waals surface area contributed by atoms with Gasteiger partial charge in [-0.15, -0.1) is 0 Å². The highest BCUT2D eigenvalue weighted by Crippen LogP contribution is 2.35. The number of H-pyrrole nitrogens is 1. The number of carbonyl (C=O) groups is 2. The molecule has 13 heteroatoms. The fourth-order valence-electron chi connectivity index (χ4n) is 4.04. The second-order valence-electron chi connectivity index (χ2n) is 8.27. The van der Waals surface area contributed by atoms with Crippen LogP contribution in [0.25, 0.3) is 11.4 Å². The zero-order valence-corrected chi connectivity index (χ0v) is 21.8. The predicted molar refractivity (Wildman–Crippen MR) is 134 cm³/mol. The van der Waals surface area contributed by atoms with Crippen molar-refractivity contribution in [2.75, 3.05) is 25.1 Å². The average Bonchev–Trinajstić information content (AvgIpc) is 3.37. The Morgan fingerprint density at radius 2 is 1.97 bits per heavy atom. The molecular weight excluding hydrogens is 515 g/mol.